The Hall–Kier alpha value is -2.21. The fraction of sp³-hybridized carbons (Fsp3) is 0.133. The number of methoxy groups -OCH3 is 2. The van der Waals surface area contributed by atoms with Gasteiger partial charge in [0.25, 0.3) is 5.91 Å². The SMILES string of the molecule is COc1ccc(NC(=O)c2c(N)cccc2OC)cc1Br. The predicted octanol–water partition coefficient (Wildman–Crippen LogP) is 3.30. The minimum atomic E-state index is -0.331. The second-order valence-electron chi connectivity index (χ2n) is 4.23. The van der Waals surface area contributed by atoms with Crippen molar-refractivity contribution in [2.75, 3.05) is 25.3 Å². The number of amides is 1. The minimum Gasteiger partial charge on any atom is -0.496 e. The summed E-state index contributed by atoms with van der Waals surface area (Å²) >= 11 is 3.37. The molecule has 0 radical (unpaired) electrons. The highest BCUT2D eigenvalue weighted by atomic mass is 79.9. The fourth-order valence-electron chi connectivity index (χ4n) is 1.90. The van der Waals surface area contributed by atoms with E-state index in [0.717, 1.165) is 4.47 Å². The molecule has 0 unspecified atom stereocenters. The minimum absolute atomic E-state index is 0.312. The summed E-state index contributed by atoms with van der Waals surface area (Å²) < 4.78 is 11.1. The van der Waals surface area contributed by atoms with E-state index in [1.165, 1.54) is 7.11 Å². The number of nitrogen functional groups attached to an aromatic ring is 1. The number of carbonyl (C=O) groups is 1. The molecule has 110 valence electrons. The number of hydrogen-bond donors (Lipinski definition) is 2. The number of carbonyl (C=O) groups excluding carboxylic acids is 1. The number of halogens is 1. The first-order valence-corrected chi connectivity index (χ1v) is 6.93. The van der Waals surface area contributed by atoms with Gasteiger partial charge in [0.1, 0.15) is 17.1 Å². The van der Waals surface area contributed by atoms with Crippen molar-refractivity contribution in [3.05, 3.63) is 46.4 Å². The Balaban J connectivity index is 2.28. The van der Waals surface area contributed by atoms with Crippen LogP contribution in [0.5, 0.6) is 11.5 Å². The molecule has 0 aromatic heterocycles. The first kappa shape index (κ1) is 15.2. The average Bonchev–Trinajstić information content (AvgIpc) is 2.46. The normalized spacial score (nSPS) is 10.0. The van der Waals surface area contributed by atoms with E-state index >= 15 is 0 Å². The lowest BCUT2D eigenvalue weighted by atomic mass is 10.1. The maximum atomic E-state index is 12.4. The van der Waals surface area contributed by atoms with Gasteiger partial charge in [-0.05, 0) is 46.3 Å². The number of nitrogens with one attached hydrogen (secondary N) is 1. The fourth-order valence-corrected chi connectivity index (χ4v) is 2.44. The molecule has 21 heavy (non-hydrogen) atoms. The lowest BCUT2D eigenvalue weighted by molar-refractivity contribution is 0.102. The zero-order chi connectivity index (χ0) is 15.4. The molecule has 0 aliphatic carbocycles. The van der Waals surface area contributed by atoms with Crippen LogP contribution in [0.1, 0.15) is 10.4 Å². The Bertz CT molecular complexity index is 674. The summed E-state index contributed by atoms with van der Waals surface area (Å²) in [6.07, 6.45) is 0. The monoisotopic (exact) mass is 350 g/mol. The molecule has 0 aliphatic rings. The summed E-state index contributed by atoms with van der Waals surface area (Å²) in [5.41, 5.74) is 7.15. The number of nitrogens with two attached hydrogens (primary N) is 1. The first-order chi connectivity index (χ1) is 10.1. The van der Waals surface area contributed by atoms with Crippen molar-refractivity contribution in [3.8, 4) is 11.5 Å². The summed E-state index contributed by atoms with van der Waals surface area (Å²) in [4.78, 5) is 12.4. The van der Waals surface area contributed by atoms with Crippen LogP contribution in [0, 0.1) is 0 Å². The van der Waals surface area contributed by atoms with E-state index < -0.39 is 0 Å². The van der Waals surface area contributed by atoms with Gasteiger partial charge < -0.3 is 20.5 Å². The summed E-state index contributed by atoms with van der Waals surface area (Å²) in [7, 11) is 3.07. The van der Waals surface area contributed by atoms with Gasteiger partial charge in [-0.3, -0.25) is 4.79 Å². The number of hydrogen-bond acceptors (Lipinski definition) is 4. The van der Waals surface area contributed by atoms with Crippen LogP contribution in [-0.4, -0.2) is 20.1 Å². The maximum Gasteiger partial charge on any atom is 0.261 e. The van der Waals surface area contributed by atoms with Crippen molar-refractivity contribution >= 4 is 33.2 Å². The van der Waals surface area contributed by atoms with Gasteiger partial charge in [-0.15, -0.1) is 0 Å². The Labute approximate surface area is 131 Å². The van der Waals surface area contributed by atoms with E-state index in [4.69, 9.17) is 15.2 Å². The maximum absolute atomic E-state index is 12.4. The molecule has 6 heteroatoms. The third-order valence-electron chi connectivity index (χ3n) is 2.92. The Kier molecular flexibility index (Phi) is 4.70. The van der Waals surface area contributed by atoms with Gasteiger partial charge >= 0.3 is 0 Å². The van der Waals surface area contributed by atoms with E-state index in [0.29, 0.717) is 28.4 Å². The molecular weight excluding hydrogens is 336 g/mol. The summed E-state index contributed by atoms with van der Waals surface area (Å²) in [6, 6.07) is 10.3. The zero-order valence-electron chi connectivity index (χ0n) is 11.6. The summed E-state index contributed by atoms with van der Waals surface area (Å²) in [6.45, 7) is 0. The van der Waals surface area contributed by atoms with Crippen molar-refractivity contribution in [1.82, 2.24) is 0 Å². The molecule has 0 fully saturated rings. The van der Waals surface area contributed by atoms with Crippen molar-refractivity contribution < 1.29 is 14.3 Å². The summed E-state index contributed by atoms with van der Waals surface area (Å²) in [5.74, 6) is 0.784. The van der Waals surface area contributed by atoms with Crippen molar-refractivity contribution in [2.24, 2.45) is 0 Å². The molecular formula is C15H15BrN2O3. The standard InChI is InChI=1S/C15H15BrN2O3/c1-20-12-7-6-9(8-10(12)16)18-15(19)14-11(17)4-3-5-13(14)21-2/h3-8H,17H2,1-2H3,(H,18,19). The third kappa shape index (κ3) is 3.28. The smallest absolute Gasteiger partial charge is 0.261 e. The van der Waals surface area contributed by atoms with Crippen molar-refractivity contribution in [1.29, 1.82) is 0 Å². The molecule has 5 nitrogen and oxygen atoms in total. The van der Waals surface area contributed by atoms with Crippen LogP contribution < -0.4 is 20.5 Å². The Morgan fingerprint density at radius 1 is 1.14 bits per heavy atom. The number of rotatable bonds is 4. The molecule has 2 rings (SSSR count). The van der Waals surface area contributed by atoms with Crippen molar-refractivity contribution in [2.45, 2.75) is 0 Å². The highest BCUT2D eigenvalue weighted by Gasteiger charge is 2.16. The molecule has 0 saturated heterocycles. The second kappa shape index (κ2) is 6.49. The topological polar surface area (TPSA) is 73.6 Å². The lowest BCUT2D eigenvalue weighted by Gasteiger charge is -2.12. The molecule has 0 saturated carbocycles. The van der Waals surface area contributed by atoms with E-state index in [2.05, 4.69) is 21.2 Å². The molecule has 0 heterocycles. The van der Waals surface area contributed by atoms with Gasteiger partial charge in [0.05, 0.1) is 18.7 Å². The van der Waals surface area contributed by atoms with Crippen LogP contribution >= 0.6 is 15.9 Å². The van der Waals surface area contributed by atoms with Crippen LogP contribution in [0.25, 0.3) is 0 Å². The van der Waals surface area contributed by atoms with Gasteiger partial charge in [0.2, 0.25) is 0 Å². The lowest BCUT2D eigenvalue weighted by Crippen LogP contribution is -2.15. The van der Waals surface area contributed by atoms with Crippen LogP contribution in [-0.2, 0) is 0 Å². The summed E-state index contributed by atoms with van der Waals surface area (Å²) in [5, 5.41) is 2.78. The molecule has 2 aromatic carbocycles. The van der Waals surface area contributed by atoms with Gasteiger partial charge in [-0.1, -0.05) is 6.07 Å². The highest BCUT2D eigenvalue weighted by molar-refractivity contribution is 9.10. The third-order valence-corrected chi connectivity index (χ3v) is 3.53. The van der Waals surface area contributed by atoms with Gasteiger partial charge in [0, 0.05) is 11.4 Å². The van der Waals surface area contributed by atoms with Gasteiger partial charge in [-0.2, -0.15) is 0 Å². The molecule has 0 atom stereocenters. The Morgan fingerprint density at radius 3 is 2.48 bits per heavy atom. The van der Waals surface area contributed by atoms with Gasteiger partial charge in [0.15, 0.2) is 0 Å². The van der Waals surface area contributed by atoms with E-state index in [1.54, 1.807) is 43.5 Å². The van der Waals surface area contributed by atoms with E-state index in [-0.39, 0.29) is 5.91 Å². The quantitative estimate of drug-likeness (QED) is 0.829. The number of benzene rings is 2. The van der Waals surface area contributed by atoms with Crippen molar-refractivity contribution in [3.63, 3.8) is 0 Å². The van der Waals surface area contributed by atoms with Crippen LogP contribution in [0.4, 0.5) is 11.4 Å². The van der Waals surface area contributed by atoms with Crippen LogP contribution in [0.15, 0.2) is 40.9 Å². The highest BCUT2D eigenvalue weighted by Crippen LogP contribution is 2.29. The molecule has 3 N–H and O–H groups in total. The Morgan fingerprint density at radius 2 is 1.86 bits per heavy atom. The van der Waals surface area contributed by atoms with E-state index in [1.807, 2.05) is 0 Å². The number of ether oxygens (including phenoxy) is 2. The largest absolute Gasteiger partial charge is 0.496 e. The van der Waals surface area contributed by atoms with Crippen LogP contribution in [0.2, 0.25) is 0 Å². The number of anilines is 2. The molecule has 2 aromatic rings. The second-order valence-corrected chi connectivity index (χ2v) is 5.08. The van der Waals surface area contributed by atoms with E-state index in [9.17, 15) is 4.79 Å². The first-order valence-electron chi connectivity index (χ1n) is 6.14. The predicted molar refractivity (Wildman–Crippen MR) is 86.1 cm³/mol. The molecule has 1 amide bonds. The van der Waals surface area contributed by atoms with Crippen LogP contribution in [0.3, 0.4) is 0 Å². The molecule has 0 bridgehead atoms. The zero-order valence-corrected chi connectivity index (χ0v) is 13.2. The average molecular weight is 351 g/mol. The molecule has 0 aliphatic heterocycles. The van der Waals surface area contributed by atoms with Gasteiger partial charge in [-0.25, -0.2) is 0 Å². The molecule has 0 spiro atoms.